The van der Waals surface area contributed by atoms with Gasteiger partial charge in [-0.25, -0.2) is 4.98 Å². The summed E-state index contributed by atoms with van der Waals surface area (Å²) >= 11 is 0. The van der Waals surface area contributed by atoms with E-state index in [0.29, 0.717) is 11.5 Å². The van der Waals surface area contributed by atoms with Crippen molar-refractivity contribution in [2.75, 3.05) is 0 Å². The summed E-state index contributed by atoms with van der Waals surface area (Å²) in [4.78, 5) is 14.9. The molecule has 3 heteroatoms. The zero-order chi connectivity index (χ0) is 9.97. The van der Waals surface area contributed by atoms with Crippen molar-refractivity contribution in [2.24, 2.45) is 0 Å². The molecule has 0 atom stereocenters. The summed E-state index contributed by atoms with van der Waals surface area (Å²) in [7, 11) is 0. The van der Waals surface area contributed by atoms with Gasteiger partial charge in [-0.3, -0.25) is 4.79 Å². The standard InChI is InChI=1S/C11H9NO2/c1-8-7-14-11(12-8)10-5-3-2-4-9(10)6-13/h2-7H,1H3. The molecule has 0 radical (unpaired) electrons. The van der Waals surface area contributed by atoms with Gasteiger partial charge < -0.3 is 4.42 Å². The molecule has 0 spiro atoms. The van der Waals surface area contributed by atoms with Crippen LogP contribution in [-0.4, -0.2) is 11.3 Å². The molecule has 0 aliphatic rings. The van der Waals surface area contributed by atoms with Crippen LogP contribution in [0.4, 0.5) is 0 Å². The number of hydrogen-bond donors (Lipinski definition) is 0. The number of benzene rings is 1. The van der Waals surface area contributed by atoms with Crippen molar-refractivity contribution < 1.29 is 9.21 Å². The fourth-order valence-corrected chi connectivity index (χ4v) is 1.27. The van der Waals surface area contributed by atoms with Crippen LogP contribution in [0.5, 0.6) is 0 Å². The van der Waals surface area contributed by atoms with Gasteiger partial charge in [0.05, 0.1) is 5.69 Å². The predicted octanol–water partition coefficient (Wildman–Crippen LogP) is 2.46. The van der Waals surface area contributed by atoms with Gasteiger partial charge in [-0.2, -0.15) is 0 Å². The lowest BCUT2D eigenvalue weighted by Gasteiger charge is -1.97. The molecule has 14 heavy (non-hydrogen) atoms. The third-order valence-electron chi connectivity index (χ3n) is 1.94. The van der Waals surface area contributed by atoms with Crippen LogP contribution in [0.3, 0.4) is 0 Å². The largest absolute Gasteiger partial charge is 0.444 e. The SMILES string of the molecule is Cc1coc(-c2ccccc2C=O)n1. The van der Waals surface area contributed by atoms with Crippen molar-refractivity contribution in [1.29, 1.82) is 0 Å². The summed E-state index contributed by atoms with van der Waals surface area (Å²) in [6.07, 6.45) is 2.37. The number of hydrogen-bond acceptors (Lipinski definition) is 3. The van der Waals surface area contributed by atoms with Gasteiger partial charge >= 0.3 is 0 Å². The maximum Gasteiger partial charge on any atom is 0.226 e. The predicted molar refractivity (Wildman–Crippen MR) is 52.1 cm³/mol. The number of aryl methyl sites for hydroxylation is 1. The second-order valence-electron chi connectivity index (χ2n) is 3.00. The van der Waals surface area contributed by atoms with E-state index in [1.54, 1.807) is 12.3 Å². The Hall–Kier alpha value is -1.90. The van der Waals surface area contributed by atoms with E-state index < -0.39 is 0 Å². The number of rotatable bonds is 2. The number of carbonyl (C=O) groups is 1. The average Bonchev–Trinajstić information content (AvgIpc) is 2.65. The lowest BCUT2D eigenvalue weighted by atomic mass is 10.1. The number of aromatic nitrogens is 1. The molecule has 0 saturated carbocycles. The molecule has 0 bridgehead atoms. The zero-order valence-corrected chi connectivity index (χ0v) is 7.73. The lowest BCUT2D eigenvalue weighted by Crippen LogP contribution is -1.86. The van der Waals surface area contributed by atoms with E-state index in [-0.39, 0.29) is 0 Å². The minimum Gasteiger partial charge on any atom is -0.444 e. The summed E-state index contributed by atoms with van der Waals surface area (Å²) in [6, 6.07) is 7.21. The highest BCUT2D eigenvalue weighted by molar-refractivity contribution is 5.85. The molecule has 1 aromatic carbocycles. The molecule has 0 aliphatic heterocycles. The van der Waals surface area contributed by atoms with Crippen LogP contribution in [-0.2, 0) is 0 Å². The fraction of sp³-hybridized carbons (Fsp3) is 0.0909. The second kappa shape index (κ2) is 3.46. The Bertz CT molecular complexity index is 460. The summed E-state index contributed by atoms with van der Waals surface area (Å²) in [5.41, 5.74) is 2.13. The number of oxazole rings is 1. The Morgan fingerprint density at radius 1 is 1.36 bits per heavy atom. The lowest BCUT2D eigenvalue weighted by molar-refractivity contribution is 0.112. The molecule has 2 rings (SSSR count). The van der Waals surface area contributed by atoms with Crippen LogP contribution in [0.25, 0.3) is 11.5 Å². The highest BCUT2D eigenvalue weighted by Crippen LogP contribution is 2.21. The average molecular weight is 187 g/mol. The molecule has 0 amide bonds. The summed E-state index contributed by atoms with van der Waals surface area (Å²) in [5, 5.41) is 0. The Labute approximate surface area is 81.4 Å². The van der Waals surface area contributed by atoms with Gasteiger partial charge in [0.2, 0.25) is 5.89 Å². The van der Waals surface area contributed by atoms with Crippen LogP contribution < -0.4 is 0 Å². The van der Waals surface area contributed by atoms with E-state index in [0.717, 1.165) is 17.5 Å². The van der Waals surface area contributed by atoms with Crippen LogP contribution in [0.1, 0.15) is 16.1 Å². The Kier molecular flexibility index (Phi) is 2.14. The summed E-state index contributed by atoms with van der Waals surface area (Å²) in [5.74, 6) is 0.491. The second-order valence-corrected chi connectivity index (χ2v) is 3.00. The monoisotopic (exact) mass is 187 g/mol. The smallest absolute Gasteiger partial charge is 0.226 e. The number of nitrogens with zero attached hydrogens (tertiary/aromatic N) is 1. The molecule has 70 valence electrons. The molecular weight excluding hydrogens is 178 g/mol. The van der Waals surface area contributed by atoms with Gasteiger partial charge in [0.1, 0.15) is 6.26 Å². The topological polar surface area (TPSA) is 43.1 Å². The molecule has 0 saturated heterocycles. The summed E-state index contributed by atoms with van der Waals surface area (Å²) < 4.78 is 5.22. The third-order valence-corrected chi connectivity index (χ3v) is 1.94. The van der Waals surface area contributed by atoms with Gasteiger partial charge in [0.15, 0.2) is 6.29 Å². The van der Waals surface area contributed by atoms with Crippen molar-refractivity contribution >= 4 is 6.29 Å². The molecule has 1 aromatic heterocycles. The van der Waals surface area contributed by atoms with Gasteiger partial charge in [-0.15, -0.1) is 0 Å². The van der Waals surface area contributed by atoms with Gasteiger partial charge in [-0.05, 0) is 13.0 Å². The van der Waals surface area contributed by atoms with Crippen LogP contribution in [0.15, 0.2) is 34.9 Å². The normalized spacial score (nSPS) is 10.1. The first-order valence-corrected chi connectivity index (χ1v) is 4.28. The summed E-state index contributed by atoms with van der Waals surface area (Å²) in [6.45, 7) is 1.84. The van der Waals surface area contributed by atoms with Gasteiger partial charge in [-0.1, -0.05) is 18.2 Å². The molecule has 2 aromatic rings. The molecule has 1 heterocycles. The van der Waals surface area contributed by atoms with Crippen molar-refractivity contribution in [2.45, 2.75) is 6.92 Å². The van der Waals surface area contributed by atoms with Crippen molar-refractivity contribution in [3.05, 3.63) is 41.8 Å². The number of carbonyl (C=O) groups excluding carboxylic acids is 1. The molecule has 3 nitrogen and oxygen atoms in total. The van der Waals surface area contributed by atoms with Crippen LogP contribution >= 0.6 is 0 Å². The van der Waals surface area contributed by atoms with E-state index in [1.165, 1.54) is 0 Å². The van der Waals surface area contributed by atoms with Crippen LogP contribution in [0.2, 0.25) is 0 Å². The Morgan fingerprint density at radius 2 is 2.14 bits per heavy atom. The Morgan fingerprint density at radius 3 is 2.79 bits per heavy atom. The highest BCUT2D eigenvalue weighted by atomic mass is 16.3. The van der Waals surface area contributed by atoms with E-state index in [2.05, 4.69) is 4.98 Å². The van der Waals surface area contributed by atoms with Crippen LogP contribution in [0, 0.1) is 6.92 Å². The van der Waals surface area contributed by atoms with E-state index in [4.69, 9.17) is 4.42 Å². The number of aldehydes is 1. The van der Waals surface area contributed by atoms with Crippen molar-refractivity contribution in [3.8, 4) is 11.5 Å². The zero-order valence-electron chi connectivity index (χ0n) is 7.73. The van der Waals surface area contributed by atoms with E-state index >= 15 is 0 Å². The minimum atomic E-state index is 0.491. The maximum atomic E-state index is 10.7. The third kappa shape index (κ3) is 1.44. The van der Waals surface area contributed by atoms with E-state index in [9.17, 15) is 4.79 Å². The van der Waals surface area contributed by atoms with Gasteiger partial charge in [0.25, 0.3) is 0 Å². The van der Waals surface area contributed by atoms with Crippen molar-refractivity contribution in [1.82, 2.24) is 4.98 Å². The Balaban J connectivity index is 2.55. The quantitative estimate of drug-likeness (QED) is 0.678. The molecule has 0 aliphatic carbocycles. The molecular formula is C11H9NO2. The molecule has 0 unspecified atom stereocenters. The first-order valence-electron chi connectivity index (χ1n) is 4.28. The fourth-order valence-electron chi connectivity index (χ4n) is 1.27. The minimum absolute atomic E-state index is 0.491. The molecule has 0 N–H and O–H groups in total. The van der Waals surface area contributed by atoms with Gasteiger partial charge in [0, 0.05) is 11.1 Å². The van der Waals surface area contributed by atoms with Crippen molar-refractivity contribution in [3.63, 3.8) is 0 Å². The van der Waals surface area contributed by atoms with E-state index in [1.807, 2.05) is 25.1 Å². The first-order chi connectivity index (χ1) is 6.81. The maximum absolute atomic E-state index is 10.7. The highest BCUT2D eigenvalue weighted by Gasteiger charge is 2.08. The molecule has 0 fully saturated rings. The first kappa shape index (κ1) is 8.69.